The summed E-state index contributed by atoms with van der Waals surface area (Å²) in [7, 11) is 2.15. The standard InChI is InChI=1S/C13H25NO2/c1-14(9-8-11-5-4-10-16-11)12-6-2-3-7-13(12)15/h11-13,15H,2-10H2,1H3. The van der Waals surface area contributed by atoms with Crippen LogP contribution in [0.5, 0.6) is 0 Å². The van der Waals surface area contributed by atoms with Crippen LogP contribution in [0, 0.1) is 0 Å². The fraction of sp³-hybridized carbons (Fsp3) is 1.00. The highest BCUT2D eigenvalue weighted by atomic mass is 16.5. The SMILES string of the molecule is CN(CCC1CCCO1)C1CCCCC1O. The van der Waals surface area contributed by atoms with Crippen molar-refractivity contribution in [3.63, 3.8) is 0 Å². The summed E-state index contributed by atoms with van der Waals surface area (Å²) in [6.07, 6.45) is 8.54. The third-order valence-corrected chi connectivity index (χ3v) is 4.09. The van der Waals surface area contributed by atoms with Gasteiger partial charge in [-0.1, -0.05) is 12.8 Å². The Bertz CT molecular complexity index is 204. The molecule has 2 rings (SSSR count). The van der Waals surface area contributed by atoms with Gasteiger partial charge in [-0.2, -0.15) is 0 Å². The number of likely N-dealkylation sites (N-methyl/N-ethyl adjacent to an activating group) is 1. The zero-order valence-electron chi connectivity index (χ0n) is 10.4. The van der Waals surface area contributed by atoms with Gasteiger partial charge in [-0.15, -0.1) is 0 Å². The molecule has 1 saturated carbocycles. The van der Waals surface area contributed by atoms with E-state index in [1.807, 2.05) is 0 Å². The molecule has 94 valence electrons. The number of hydrogen-bond donors (Lipinski definition) is 1. The Morgan fingerprint density at radius 1 is 1.19 bits per heavy atom. The third-order valence-electron chi connectivity index (χ3n) is 4.09. The first-order valence-corrected chi connectivity index (χ1v) is 6.77. The lowest BCUT2D eigenvalue weighted by atomic mass is 9.91. The minimum atomic E-state index is -0.108. The topological polar surface area (TPSA) is 32.7 Å². The van der Waals surface area contributed by atoms with Gasteiger partial charge in [0.2, 0.25) is 0 Å². The molecule has 3 nitrogen and oxygen atoms in total. The van der Waals surface area contributed by atoms with Crippen molar-refractivity contribution in [2.45, 2.75) is 63.2 Å². The molecule has 0 bridgehead atoms. The maximum Gasteiger partial charge on any atom is 0.0695 e. The predicted molar refractivity (Wildman–Crippen MR) is 64.5 cm³/mol. The number of aliphatic hydroxyl groups excluding tert-OH is 1. The van der Waals surface area contributed by atoms with Crippen LogP contribution >= 0.6 is 0 Å². The van der Waals surface area contributed by atoms with Crippen molar-refractivity contribution in [3.8, 4) is 0 Å². The minimum absolute atomic E-state index is 0.108. The van der Waals surface area contributed by atoms with Crippen LogP contribution < -0.4 is 0 Å². The maximum absolute atomic E-state index is 9.96. The van der Waals surface area contributed by atoms with Gasteiger partial charge in [0.05, 0.1) is 12.2 Å². The molecule has 16 heavy (non-hydrogen) atoms. The van der Waals surface area contributed by atoms with Crippen LogP contribution in [-0.4, -0.2) is 48.5 Å². The second-order valence-electron chi connectivity index (χ2n) is 5.32. The Hall–Kier alpha value is -0.120. The normalized spacial score (nSPS) is 35.8. The average Bonchev–Trinajstić information content (AvgIpc) is 2.79. The molecule has 2 aliphatic rings. The molecule has 0 aromatic rings. The number of nitrogens with zero attached hydrogens (tertiary/aromatic N) is 1. The van der Waals surface area contributed by atoms with Crippen LogP contribution in [0.1, 0.15) is 44.9 Å². The molecule has 0 radical (unpaired) electrons. The lowest BCUT2D eigenvalue weighted by Gasteiger charge is -2.35. The Morgan fingerprint density at radius 2 is 2.00 bits per heavy atom. The molecule has 1 aliphatic carbocycles. The maximum atomic E-state index is 9.96. The van der Waals surface area contributed by atoms with E-state index in [9.17, 15) is 5.11 Å². The van der Waals surface area contributed by atoms with Gasteiger partial charge in [0.25, 0.3) is 0 Å². The van der Waals surface area contributed by atoms with E-state index in [1.54, 1.807) is 0 Å². The lowest BCUT2D eigenvalue weighted by Crippen LogP contribution is -2.44. The molecule has 1 saturated heterocycles. The van der Waals surface area contributed by atoms with Gasteiger partial charge < -0.3 is 14.7 Å². The summed E-state index contributed by atoms with van der Waals surface area (Å²) in [5.74, 6) is 0. The van der Waals surface area contributed by atoms with Crippen LogP contribution in [-0.2, 0) is 4.74 Å². The third kappa shape index (κ3) is 3.19. The van der Waals surface area contributed by atoms with Gasteiger partial charge >= 0.3 is 0 Å². The van der Waals surface area contributed by atoms with Crippen molar-refractivity contribution in [1.29, 1.82) is 0 Å². The Balaban J connectivity index is 1.71. The van der Waals surface area contributed by atoms with E-state index in [4.69, 9.17) is 4.74 Å². The molecule has 0 aromatic carbocycles. The molecule has 3 atom stereocenters. The van der Waals surface area contributed by atoms with E-state index in [1.165, 1.54) is 25.7 Å². The van der Waals surface area contributed by atoms with Crippen LogP contribution in [0.3, 0.4) is 0 Å². The van der Waals surface area contributed by atoms with Crippen molar-refractivity contribution >= 4 is 0 Å². The van der Waals surface area contributed by atoms with Gasteiger partial charge in [-0.25, -0.2) is 0 Å². The van der Waals surface area contributed by atoms with Crippen LogP contribution in [0.2, 0.25) is 0 Å². The second-order valence-corrected chi connectivity index (χ2v) is 5.32. The van der Waals surface area contributed by atoms with E-state index in [0.29, 0.717) is 12.1 Å². The molecule has 0 amide bonds. The highest BCUT2D eigenvalue weighted by Crippen LogP contribution is 2.23. The lowest BCUT2D eigenvalue weighted by molar-refractivity contribution is 0.0224. The summed E-state index contributed by atoms with van der Waals surface area (Å²) >= 11 is 0. The van der Waals surface area contributed by atoms with E-state index < -0.39 is 0 Å². The van der Waals surface area contributed by atoms with Crippen molar-refractivity contribution < 1.29 is 9.84 Å². The quantitative estimate of drug-likeness (QED) is 0.795. The molecule has 3 heteroatoms. The molecular weight excluding hydrogens is 202 g/mol. The van der Waals surface area contributed by atoms with Gasteiger partial charge in [0.1, 0.15) is 0 Å². The first-order valence-electron chi connectivity index (χ1n) is 6.77. The van der Waals surface area contributed by atoms with Gasteiger partial charge in [-0.05, 0) is 39.2 Å². The molecule has 0 aromatic heterocycles. The van der Waals surface area contributed by atoms with Gasteiger partial charge in [-0.3, -0.25) is 0 Å². The largest absolute Gasteiger partial charge is 0.391 e. The molecule has 1 heterocycles. The first kappa shape index (κ1) is 12.3. The predicted octanol–water partition coefficient (Wildman–Crippen LogP) is 1.79. The number of hydrogen-bond acceptors (Lipinski definition) is 3. The molecular formula is C13H25NO2. The summed E-state index contributed by atoms with van der Waals surface area (Å²) < 4.78 is 5.63. The molecule has 1 aliphatic heterocycles. The summed E-state index contributed by atoms with van der Waals surface area (Å²) in [5, 5.41) is 9.96. The highest BCUT2D eigenvalue weighted by Gasteiger charge is 2.27. The number of ether oxygens (including phenoxy) is 1. The van der Waals surface area contributed by atoms with E-state index >= 15 is 0 Å². The van der Waals surface area contributed by atoms with Crippen molar-refractivity contribution in [2.75, 3.05) is 20.2 Å². The van der Waals surface area contributed by atoms with E-state index in [2.05, 4.69) is 11.9 Å². The Labute approximate surface area is 98.8 Å². The number of aliphatic hydroxyl groups is 1. The first-order chi connectivity index (χ1) is 7.77. The number of rotatable bonds is 4. The summed E-state index contributed by atoms with van der Waals surface area (Å²) in [5.41, 5.74) is 0. The summed E-state index contributed by atoms with van der Waals surface area (Å²) in [4.78, 5) is 2.34. The average molecular weight is 227 g/mol. The van der Waals surface area contributed by atoms with Crippen LogP contribution in [0.15, 0.2) is 0 Å². The van der Waals surface area contributed by atoms with E-state index in [0.717, 1.165) is 32.4 Å². The zero-order valence-corrected chi connectivity index (χ0v) is 10.4. The van der Waals surface area contributed by atoms with Crippen molar-refractivity contribution in [2.24, 2.45) is 0 Å². The fourth-order valence-corrected chi connectivity index (χ4v) is 2.99. The molecule has 0 spiro atoms. The molecule has 3 unspecified atom stereocenters. The van der Waals surface area contributed by atoms with E-state index in [-0.39, 0.29) is 6.10 Å². The summed E-state index contributed by atoms with van der Waals surface area (Å²) in [6.45, 7) is 2.01. The second kappa shape index (κ2) is 5.99. The van der Waals surface area contributed by atoms with Crippen LogP contribution in [0.4, 0.5) is 0 Å². The Morgan fingerprint density at radius 3 is 2.69 bits per heavy atom. The summed E-state index contributed by atoms with van der Waals surface area (Å²) in [6, 6.07) is 0.384. The molecule has 2 fully saturated rings. The van der Waals surface area contributed by atoms with Crippen LogP contribution in [0.25, 0.3) is 0 Å². The zero-order chi connectivity index (χ0) is 11.4. The Kier molecular flexibility index (Phi) is 4.62. The van der Waals surface area contributed by atoms with Gasteiger partial charge in [0.15, 0.2) is 0 Å². The minimum Gasteiger partial charge on any atom is -0.391 e. The monoisotopic (exact) mass is 227 g/mol. The van der Waals surface area contributed by atoms with Crippen molar-refractivity contribution in [1.82, 2.24) is 4.90 Å². The highest BCUT2D eigenvalue weighted by molar-refractivity contribution is 4.82. The van der Waals surface area contributed by atoms with Crippen molar-refractivity contribution in [3.05, 3.63) is 0 Å². The fourth-order valence-electron chi connectivity index (χ4n) is 2.99. The molecule has 1 N–H and O–H groups in total. The van der Waals surface area contributed by atoms with Gasteiger partial charge in [0, 0.05) is 19.2 Å². The smallest absolute Gasteiger partial charge is 0.0695 e.